The van der Waals surface area contributed by atoms with E-state index >= 15 is 0 Å². The molecule has 0 aliphatic heterocycles. The van der Waals surface area contributed by atoms with Crippen LogP contribution in [0.3, 0.4) is 0 Å². The van der Waals surface area contributed by atoms with Gasteiger partial charge in [0.25, 0.3) is 0 Å². The van der Waals surface area contributed by atoms with Crippen LogP contribution < -0.4 is 0 Å². The molecule has 1 aliphatic rings. The molecule has 0 bridgehead atoms. The van der Waals surface area contributed by atoms with Crippen molar-refractivity contribution in [3.05, 3.63) is 228 Å². The molecular weight excluding hydrogens is 729 g/mol. The van der Waals surface area contributed by atoms with Gasteiger partial charge in [0.2, 0.25) is 0 Å². The van der Waals surface area contributed by atoms with Crippen molar-refractivity contribution in [2.75, 3.05) is 0 Å². The molecule has 2 heteroatoms. The van der Waals surface area contributed by atoms with Gasteiger partial charge in [-0.2, -0.15) is 0 Å². The predicted octanol–water partition coefficient (Wildman–Crippen LogP) is 16.0. The normalized spacial score (nSPS) is 13.1. The summed E-state index contributed by atoms with van der Waals surface area (Å²) in [6, 6.07) is 72.9. The minimum atomic E-state index is -0.158. The number of para-hydroxylation sites is 2. The van der Waals surface area contributed by atoms with Crippen molar-refractivity contribution < 1.29 is 8.83 Å². The lowest BCUT2D eigenvalue weighted by Crippen LogP contribution is -2.16. The molecule has 0 radical (unpaired) electrons. The van der Waals surface area contributed by atoms with Gasteiger partial charge >= 0.3 is 0 Å². The molecule has 0 saturated heterocycles. The van der Waals surface area contributed by atoms with E-state index in [-0.39, 0.29) is 11.3 Å². The van der Waals surface area contributed by atoms with E-state index in [0.717, 1.165) is 66.1 Å². The van der Waals surface area contributed by atoms with Gasteiger partial charge in [0.15, 0.2) is 0 Å². The molecule has 1 aliphatic carbocycles. The number of rotatable bonds is 6. The molecule has 2 heterocycles. The zero-order valence-electron chi connectivity index (χ0n) is 33.4. The molecule has 0 spiro atoms. The third kappa shape index (κ3) is 5.48. The number of furan rings is 2. The van der Waals surface area contributed by atoms with Crippen LogP contribution in [0.4, 0.5) is 0 Å². The Hall–Kier alpha value is -7.42. The van der Waals surface area contributed by atoms with Gasteiger partial charge < -0.3 is 8.83 Å². The van der Waals surface area contributed by atoms with Crippen LogP contribution >= 0.6 is 0 Å². The summed E-state index contributed by atoms with van der Waals surface area (Å²) in [5, 5.41) is 4.58. The van der Waals surface area contributed by atoms with Crippen molar-refractivity contribution >= 4 is 43.9 Å². The van der Waals surface area contributed by atoms with E-state index in [0.29, 0.717) is 0 Å². The van der Waals surface area contributed by atoms with E-state index < -0.39 is 0 Å². The van der Waals surface area contributed by atoms with Crippen LogP contribution in [0.1, 0.15) is 47.6 Å². The number of hydrogen-bond donors (Lipinski definition) is 0. The third-order valence-corrected chi connectivity index (χ3v) is 13.1. The molecule has 0 N–H and O–H groups in total. The lowest BCUT2D eigenvalue weighted by atomic mass is 9.78. The summed E-state index contributed by atoms with van der Waals surface area (Å²) in [5.74, 6) is 0.0218. The Kier molecular flexibility index (Phi) is 7.68. The lowest BCUT2D eigenvalue weighted by molar-refractivity contribution is 0.659. The summed E-state index contributed by atoms with van der Waals surface area (Å²) in [7, 11) is 0. The largest absolute Gasteiger partial charge is 0.456 e. The van der Waals surface area contributed by atoms with E-state index in [4.69, 9.17) is 8.83 Å². The second kappa shape index (κ2) is 13.3. The zero-order chi connectivity index (χ0) is 40.0. The fourth-order valence-electron chi connectivity index (χ4n) is 9.87. The Morgan fingerprint density at radius 2 is 0.717 bits per heavy atom. The molecule has 0 unspecified atom stereocenters. The molecule has 9 aromatic carbocycles. The van der Waals surface area contributed by atoms with Gasteiger partial charge in [0.1, 0.15) is 22.3 Å². The maximum absolute atomic E-state index is 6.27. The number of benzene rings is 9. The van der Waals surface area contributed by atoms with Gasteiger partial charge in [-0.3, -0.25) is 0 Å². The first kappa shape index (κ1) is 34.6. The highest BCUT2D eigenvalue weighted by atomic mass is 16.3. The molecule has 284 valence electrons. The van der Waals surface area contributed by atoms with E-state index in [2.05, 4.69) is 190 Å². The van der Waals surface area contributed by atoms with Crippen LogP contribution in [0.5, 0.6) is 0 Å². The maximum Gasteiger partial charge on any atom is 0.136 e. The van der Waals surface area contributed by atoms with Crippen molar-refractivity contribution in [3.63, 3.8) is 0 Å². The van der Waals surface area contributed by atoms with Gasteiger partial charge in [-0.15, -0.1) is 0 Å². The van der Waals surface area contributed by atoms with Crippen LogP contribution in [0.15, 0.2) is 209 Å². The second-order valence-electron chi connectivity index (χ2n) is 16.9. The van der Waals surface area contributed by atoms with Crippen molar-refractivity contribution in [3.8, 4) is 44.5 Å². The van der Waals surface area contributed by atoms with Gasteiger partial charge in [-0.1, -0.05) is 172 Å². The maximum atomic E-state index is 6.27. The Morgan fingerprint density at radius 3 is 1.28 bits per heavy atom. The van der Waals surface area contributed by atoms with Gasteiger partial charge in [0.05, 0.1) is 0 Å². The monoisotopic (exact) mass is 768 g/mol. The minimum absolute atomic E-state index is 0.0218. The highest BCUT2D eigenvalue weighted by Crippen LogP contribution is 2.51. The average Bonchev–Trinajstić information content (AvgIpc) is 3.94. The summed E-state index contributed by atoms with van der Waals surface area (Å²) in [5.41, 5.74) is 19.8. The Balaban J connectivity index is 0.941. The van der Waals surface area contributed by atoms with Gasteiger partial charge in [0, 0.05) is 32.9 Å². The molecule has 12 rings (SSSR count). The molecule has 11 aromatic rings. The summed E-state index contributed by atoms with van der Waals surface area (Å²) in [6.07, 6.45) is 0. The van der Waals surface area contributed by atoms with E-state index in [1.54, 1.807) is 0 Å². The molecular formula is C58H40O2. The lowest BCUT2D eigenvalue weighted by Gasteiger charge is -2.25. The smallest absolute Gasteiger partial charge is 0.136 e. The molecule has 2 nitrogen and oxygen atoms in total. The number of fused-ring (bicyclic) bond motifs is 9. The van der Waals surface area contributed by atoms with Gasteiger partial charge in [-0.05, 0) is 115 Å². The quantitative estimate of drug-likeness (QED) is 0.158. The van der Waals surface area contributed by atoms with E-state index in [1.807, 2.05) is 24.3 Å². The van der Waals surface area contributed by atoms with Crippen molar-refractivity contribution in [1.82, 2.24) is 0 Å². The highest BCUT2D eigenvalue weighted by molar-refractivity contribution is 6.07. The van der Waals surface area contributed by atoms with E-state index in [1.165, 1.54) is 50.1 Å². The van der Waals surface area contributed by atoms with Crippen LogP contribution in [-0.4, -0.2) is 0 Å². The van der Waals surface area contributed by atoms with Crippen molar-refractivity contribution in [2.45, 2.75) is 25.2 Å². The fourth-order valence-corrected chi connectivity index (χ4v) is 9.87. The summed E-state index contributed by atoms with van der Waals surface area (Å²) < 4.78 is 12.5. The first-order chi connectivity index (χ1) is 29.5. The fraction of sp³-hybridized carbons (Fsp3) is 0.0690. The SMILES string of the molecule is CC1(C)c2cc(-c3ccccc3)ccc2-c2ccc(C(c3ccc(-c4ccc5c(c4)oc4ccccc45)cc3)c3ccc(-c4ccc5c(c4)oc4ccccc45)cc3)cc21. The van der Waals surface area contributed by atoms with Crippen LogP contribution in [-0.2, 0) is 5.41 Å². The predicted molar refractivity (Wildman–Crippen MR) is 249 cm³/mol. The molecule has 0 amide bonds. The Bertz CT molecular complexity index is 3280. The first-order valence-electron chi connectivity index (χ1n) is 20.8. The summed E-state index contributed by atoms with van der Waals surface area (Å²) in [4.78, 5) is 0. The molecule has 2 aromatic heterocycles. The third-order valence-electron chi connectivity index (χ3n) is 13.1. The highest BCUT2D eigenvalue weighted by Gasteiger charge is 2.36. The van der Waals surface area contributed by atoms with Crippen molar-refractivity contribution in [2.24, 2.45) is 0 Å². The Labute approximate surface area is 349 Å². The molecule has 0 saturated carbocycles. The van der Waals surface area contributed by atoms with Crippen LogP contribution in [0.2, 0.25) is 0 Å². The topological polar surface area (TPSA) is 26.3 Å². The average molecular weight is 769 g/mol. The van der Waals surface area contributed by atoms with E-state index in [9.17, 15) is 0 Å². The van der Waals surface area contributed by atoms with Crippen molar-refractivity contribution in [1.29, 1.82) is 0 Å². The van der Waals surface area contributed by atoms with Gasteiger partial charge in [-0.25, -0.2) is 0 Å². The standard InChI is InChI=1S/C58H40O2/c1-58(2)51-32-41(36-10-4-3-5-11-36)24-28-45(51)46-29-27-44(33-52(46)58)57(39-20-16-37(17-21-39)42-25-30-49-47-12-6-8-14-53(47)59-55(49)34-42)40-22-18-38(19-23-40)43-26-31-50-48-13-7-9-15-54(48)60-56(50)35-43/h3-35,57H,1-2H3. The summed E-state index contributed by atoms with van der Waals surface area (Å²) >= 11 is 0. The zero-order valence-corrected chi connectivity index (χ0v) is 33.4. The molecule has 60 heavy (non-hydrogen) atoms. The second-order valence-corrected chi connectivity index (χ2v) is 16.9. The van der Waals surface area contributed by atoms with Crippen LogP contribution in [0.25, 0.3) is 88.4 Å². The molecule has 0 atom stereocenters. The first-order valence-corrected chi connectivity index (χ1v) is 20.8. The van der Waals surface area contributed by atoms with Crippen LogP contribution in [0, 0.1) is 0 Å². The molecule has 0 fully saturated rings. The number of hydrogen-bond acceptors (Lipinski definition) is 2. The Morgan fingerprint density at radius 1 is 0.317 bits per heavy atom. The minimum Gasteiger partial charge on any atom is -0.456 e. The summed E-state index contributed by atoms with van der Waals surface area (Å²) in [6.45, 7) is 4.76.